The fourth-order valence-electron chi connectivity index (χ4n) is 3.06. The van der Waals surface area contributed by atoms with Crippen molar-refractivity contribution in [2.24, 2.45) is 0 Å². The van der Waals surface area contributed by atoms with Crippen LogP contribution in [0.3, 0.4) is 0 Å². The largest absolute Gasteiger partial charge is 0.368 e. The van der Waals surface area contributed by atoms with Gasteiger partial charge in [-0.15, -0.1) is 5.10 Å². The van der Waals surface area contributed by atoms with Gasteiger partial charge < -0.3 is 5.73 Å². The minimum Gasteiger partial charge on any atom is -0.368 e. The molecule has 130 valence electrons. The van der Waals surface area contributed by atoms with Crippen molar-refractivity contribution in [3.05, 3.63) is 66.1 Å². The highest BCUT2D eigenvalue weighted by atomic mass is 35.5. The molecule has 0 amide bonds. The second-order valence-electron chi connectivity index (χ2n) is 6.04. The second kappa shape index (κ2) is 6.00. The van der Waals surface area contributed by atoms with Crippen molar-refractivity contribution in [3.8, 4) is 16.8 Å². The molecule has 8 heteroatoms. The zero-order valence-corrected chi connectivity index (χ0v) is 14.7. The van der Waals surface area contributed by atoms with Crippen LogP contribution in [0.5, 0.6) is 0 Å². The van der Waals surface area contributed by atoms with E-state index < -0.39 is 0 Å². The van der Waals surface area contributed by atoms with Crippen molar-refractivity contribution in [1.29, 1.82) is 0 Å². The van der Waals surface area contributed by atoms with Crippen molar-refractivity contribution >= 4 is 39.5 Å². The van der Waals surface area contributed by atoms with Crippen LogP contribution in [0, 0.1) is 0 Å². The molecule has 5 rings (SSSR count). The first-order chi connectivity index (χ1) is 13.2. The van der Waals surface area contributed by atoms with Crippen molar-refractivity contribution in [1.82, 2.24) is 29.9 Å². The molecule has 3 aromatic heterocycles. The van der Waals surface area contributed by atoms with Gasteiger partial charge in [0, 0.05) is 28.4 Å². The van der Waals surface area contributed by atoms with Gasteiger partial charge in [-0.05, 0) is 35.9 Å². The number of rotatable bonds is 2. The number of aromatic nitrogens is 6. The van der Waals surface area contributed by atoms with Crippen LogP contribution in [-0.4, -0.2) is 29.9 Å². The smallest absolute Gasteiger partial charge is 0.219 e. The third-order valence-corrected chi connectivity index (χ3v) is 4.57. The Morgan fingerprint density at radius 3 is 2.52 bits per heavy atom. The lowest BCUT2D eigenvalue weighted by atomic mass is 10.1. The van der Waals surface area contributed by atoms with Crippen LogP contribution in [0.4, 0.5) is 5.95 Å². The topological polar surface area (TPSA) is 95.4 Å². The quantitative estimate of drug-likeness (QED) is 0.507. The fourth-order valence-corrected chi connectivity index (χ4v) is 3.24. The van der Waals surface area contributed by atoms with Crippen LogP contribution in [-0.2, 0) is 0 Å². The number of halogens is 1. The Morgan fingerprint density at radius 1 is 0.852 bits per heavy atom. The van der Waals surface area contributed by atoms with Crippen molar-refractivity contribution in [2.75, 3.05) is 5.73 Å². The van der Waals surface area contributed by atoms with E-state index in [1.165, 1.54) is 0 Å². The summed E-state index contributed by atoms with van der Waals surface area (Å²) in [6.07, 6.45) is 5.12. The van der Waals surface area contributed by atoms with Gasteiger partial charge in [0.05, 0.1) is 17.4 Å². The molecule has 3 heterocycles. The summed E-state index contributed by atoms with van der Waals surface area (Å²) in [5, 5.41) is 10.1. The highest BCUT2D eigenvalue weighted by Gasteiger charge is 2.13. The lowest BCUT2D eigenvalue weighted by Crippen LogP contribution is -1.97. The Kier molecular flexibility index (Phi) is 3.48. The van der Waals surface area contributed by atoms with E-state index >= 15 is 0 Å². The van der Waals surface area contributed by atoms with Gasteiger partial charge in [-0.25, -0.2) is 14.6 Å². The maximum atomic E-state index is 6.15. The number of benzene rings is 2. The average Bonchev–Trinajstić information content (AvgIpc) is 3.13. The van der Waals surface area contributed by atoms with Crippen LogP contribution in [0.15, 0.2) is 61.1 Å². The van der Waals surface area contributed by atoms with Gasteiger partial charge in [0.1, 0.15) is 11.0 Å². The van der Waals surface area contributed by atoms with Gasteiger partial charge in [0.25, 0.3) is 0 Å². The van der Waals surface area contributed by atoms with E-state index in [4.69, 9.17) is 17.3 Å². The first-order valence-electron chi connectivity index (χ1n) is 8.17. The number of nitrogens with zero attached hydrogens (tertiary/aromatic N) is 6. The molecule has 27 heavy (non-hydrogen) atoms. The van der Waals surface area contributed by atoms with E-state index in [1.54, 1.807) is 23.3 Å². The molecule has 0 aliphatic heterocycles. The average molecular weight is 374 g/mol. The third-order valence-electron chi connectivity index (χ3n) is 4.33. The van der Waals surface area contributed by atoms with Gasteiger partial charge in [0.2, 0.25) is 5.95 Å². The minimum absolute atomic E-state index is 0.242. The summed E-state index contributed by atoms with van der Waals surface area (Å²) in [6, 6.07) is 13.4. The van der Waals surface area contributed by atoms with E-state index in [9.17, 15) is 0 Å². The summed E-state index contributed by atoms with van der Waals surface area (Å²) in [5.74, 6) is 0.242. The molecule has 0 aliphatic carbocycles. The van der Waals surface area contributed by atoms with Gasteiger partial charge >= 0.3 is 0 Å². The molecule has 2 N–H and O–H groups in total. The Balaban J connectivity index is 1.79. The molecule has 0 aliphatic rings. The van der Waals surface area contributed by atoms with E-state index in [1.807, 2.05) is 42.5 Å². The Hall–Kier alpha value is -3.58. The molecule has 0 saturated carbocycles. The second-order valence-corrected chi connectivity index (χ2v) is 6.47. The molecule has 2 aromatic carbocycles. The van der Waals surface area contributed by atoms with E-state index in [-0.39, 0.29) is 5.95 Å². The Bertz CT molecular complexity index is 1290. The summed E-state index contributed by atoms with van der Waals surface area (Å²) in [4.78, 5) is 12.6. The Labute approximate surface area is 158 Å². The zero-order chi connectivity index (χ0) is 18.4. The monoisotopic (exact) mass is 373 g/mol. The van der Waals surface area contributed by atoms with Crippen LogP contribution in [0.1, 0.15) is 0 Å². The number of anilines is 1. The van der Waals surface area contributed by atoms with Gasteiger partial charge in [0.15, 0.2) is 0 Å². The maximum absolute atomic E-state index is 6.15. The molecule has 0 radical (unpaired) electrons. The SMILES string of the molecule is Nc1ncc(-c2ccc3ncc4nnn(-c5cccc(Cl)c5)c4c3c2)cn1. The third kappa shape index (κ3) is 2.65. The lowest BCUT2D eigenvalue weighted by Gasteiger charge is -2.07. The van der Waals surface area contributed by atoms with E-state index in [0.717, 1.165) is 33.2 Å². The molecule has 0 bridgehead atoms. The summed E-state index contributed by atoms with van der Waals surface area (Å²) in [7, 11) is 0. The van der Waals surface area contributed by atoms with Crippen molar-refractivity contribution in [3.63, 3.8) is 0 Å². The van der Waals surface area contributed by atoms with Gasteiger partial charge in [-0.2, -0.15) is 0 Å². The molecule has 0 spiro atoms. The first kappa shape index (κ1) is 15.7. The number of nitrogen functional groups attached to an aromatic ring is 1. The van der Waals surface area contributed by atoms with Gasteiger partial charge in [-0.1, -0.05) is 28.9 Å². The molecular weight excluding hydrogens is 362 g/mol. The normalized spacial score (nSPS) is 11.3. The number of fused-ring (bicyclic) bond motifs is 3. The summed E-state index contributed by atoms with van der Waals surface area (Å²) < 4.78 is 1.77. The number of pyridine rings is 1. The first-order valence-corrected chi connectivity index (χ1v) is 8.55. The summed E-state index contributed by atoms with van der Waals surface area (Å²) in [6.45, 7) is 0. The molecular formula is C19H12ClN7. The van der Waals surface area contributed by atoms with Crippen LogP contribution in [0.2, 0.25) is 5.02 Å². The van der Waals surface area contributed by atoms with Crippen LogP contribution < -0.4 is 5.73 Å². The number of hydrogen-bond acceptors (Lipinski definition) is 6. The molecule has 5 aromatic rings. The van der Waals surface area contributed by atoms with E-state index in [2.05, 4.69) is 25.3 Å². The molecule has 0 unspecified atom stereocenters. The molecule has 0 saturated heterocycles. The highest BCUT2D eigenvalue weighted by molar-refractivity contribution is 6.30. The Morgan fingerprint density at radius 2 is 1.70 bits per heavy atom. The molecule has 0 fully saturated rings. The highest BCUT2D eigenvalue weighted by Crippen LogP contribution is 2.29. The van der Waals surface area contributed by atoms with Gasteiger partial charge in [-0.3, -0.25) is 4.98 Å². The standard InChI is InChI=1S/C19H12ClN7/c20-13-2-1-3-14(7-13)27-18-15-6-11(12-8-23-19(21)24-9-12)4-5-16(15)22-10-17(18)25-26-27/h1-10H,(H2,21,23,24). The minimum atomic E-state index is 0.242. The summed E-state index contributed by atoms with van der Waals surface area (Å²) >= 11 is 6.15. The zero-order valence-electron chi connectivity index (χ0n) is 13.9. The molecule has 0 atom stereocenters. The molecule has 7 nitrogen and oxygen atoms in total. The lowest BCUT2D eigenvalue weighted by molar-refractivity contribution is 0.825. The summed E-state index contributed by atoms with van der Waals surface area (Å²) in [5.41, 5.74) is 10.6. The predicted octanol–water partition coefficient (Wildman–Crippen LogP) is 3.66. The van der Waals surface area contributed by atoms with Crippen LogP contribution in [0.25, 0.3) is 38.8 Å². The fraction of sp³-hybridized carbons (Fsp3) is 0. The van der Waals surface area contributed by atoms with Crippen molar-refractivity contribution in [2.45, 2.75) is 0 Å². The predicted molar refractivity (Wildman–Crippen MR) is 105 cm³/mol. The van der Waals surface area contributed by atoms with Crippen LogP contribution >= 0.6 is 11.6 Å². The number of hydrogen-bond donors (Lipinski definition) is 1. The van der Waals surface area contributed by atoms with Crippen molar-refractivity contribution < 1.29 is 0 Å². The van der Waals surface area contributed by atoms with E-state index in [0.29, 0.717) is 10.5 Å². The maximum Gasteiger partial charge on any atom is 0.219 e. The number of nitrogens with two attached hydrogens (primary N) is 1.